The van der Waals surface area contributed by atoms with Gasteiger partial charge in [-0.25, -0.2) is 4.98 Å². The molecule has 0 saturated heterocycles. The predicted octanol–water partition coefficient (Wildman–Crippen LogP) is 3.51. The third-order valence-electron chi connectivity index (χ3n) is 4.51. The van der Waals surface area contributed by atoms with E-state index in [-0.39, 0.29) is 18.0 Å². The van der Waals surface area contributed by atoms with E-state index in [2.05, 4.69) is 20.2 Å². The number of carbonyl (C=O) groups is 1. The summed E-state index contributed by atoms with van der Waals surface area (Å²) >= 11 is 6.02. The van der Waals surface area contributed by atoms with E-state index in [1.807, 2.05) is 31.2 Å². The lowest BCUT2D eigenvalue weighted by atomic mass is 10.2. The minimum Gasteiger partial charge on any atom is -0.330 e. The molecule has 1 amide bonds. The second kappa shape index (κ2) is 7.44. The Morgan fingerprint density at radius 2 is 2.00 bits per heavy atom. The first kappa shape index (κ1) is 18.2. The van der Waals surface area contributed by atoms with Crippen LogP contribution < -0.4 is 5.56 Å². The Kier molecular flexibility index (Phi) is 4.83. The van der Waals surface area contributed by atoms with E-state index in [4.69, 9.17) is 11.6 Å². The molecule has 0 aliphatic rings. The van der Waals surface area contributed by atoms with Crippen LogP contribution in [0.15, 0.2) is 47.3 Å². The van der Waals surface area contributed by atoms with Crippen LogP contribution in [-0.2, 0) is 6.54 Å². The number of aromatic nitrogens is 4. The number of carbonyl (C=O) groups excluding carboxylic acids is 1. The first-order chi connectivity index (χ1) is 13.6. The summed E-state index contributed by atoms with van der Waals surface area (Å²) in [6, 6.07) is 12.4. The summed E-state index contributed by atoms with van der Waals surface area (Å²) in [6.45, 7) is 2.67. The average Bonchev–Trinajstić information content (AvgIpc) is 3.11. The van der Waals surface area contributed by atoms with Crippen LogP contribution in [0.5, 0.6) is 0 Å². The van der Waals surface area contributed by atoms with Gasteiger partial charge in [0.05, 0.1) is 23.0 Å². The van der Waals surface area contributed by atoms with Crippen LogP contribution in [-0.4, -0.2) is 37.5 Å². The Balaban J connectivity index is 1.70. The van der Waals surface area contributed by atoms with Crippen LogP contribution in [0.2, 0.25) is 5.02 Å². The molecule has 0 saturated carbocycles. The van der Waals surface area contributed by atoms with Gasteiger partial charge >= 0.3 is 0 Å². The fourth-order valence-electron chi connectivity index (χ4n) is 3.22. The minimum absolute atomic E-state index is 0.172. The maximum Gasteiger partial charge on any atom is 0.275 e. The number of benzene rings is 2. The van der Waals surface area contributed by atoms with E-state index in [0.717, 1.165) is 17.3 Å². The van der Waals surface area contributed by atoms with Crippen LogP contribution in [0.25, 0.3) is 21.8 Å². The number of H-pyrrole nitrogens is 2. The van der Waals surface area contributed by atoms with Crippen molar-refractivity contribution >= 4 is 39.3 Å². The molecule has 0 spiro atoms. The zero-order chi connectivity index (χ0) is 19.7. The number of amides is 1. The quantitative estimate of drug-likeness (QED) is 0.540. The van der Waals surface area contributed by atoms with E-state index in [1.54, 1.807) is 23.1 Å². The maximum atomic E-state index is 13.1. The molecule has 142 valence electrons. The van der Waals surface area contributed by atoms with Crippen molar-refractivity contribution in [3.05, 3.63) is 69.4 Å². The lowest BCUT2D eigenvalue weighted by molar-refractivity contribution is 0.0735. The van der Waals surface area contributed by atoms with Crippen molar-refractivity contribution in [3.8, 4) is 0 Å². The van der Waals surface area contributed by atoms with Gasteiger partial charge in [-0.1, -0.05) is 36.7 Å². The summed E-state index contributed by atoms with van der Waals surface area (Å²) < 4.78 is 0. The van der Waals surface area contributed by atoms with Gasteiger partial charge in [0, 0.05) is 17.0 Å². The van der Waals surface area contributed by atoms with Gasteiger partial charge in [-0.3, -0.25) is 14.7 Å². The van der Waals surface area contributed by atoms with E-state index in [9.17, 15) is 9.59 Å². The number of hydrogen-bond donors (Lipinski definition) is 2. The molecule has 0 unspecified atom stereocenters. The lowest BCUT2D eigenvalue weighted by Gasteiger charge is -2.20. The van der Waals surface area contributed by atoms with Gasteiger partial charge < -0.3 is 9.88 Å². The van der Waals surface area contributed by atoms with Crippen molar-refractivity contribution in [3.63, 3.8) is 0 Å². The van der Waals surface area contributed by atoms with E-state index < -0.39 is 0 Å². The van der Waals surface area contributed by atoms with Crippen LogP contribution in [0.4, 0.5) is 0 Å². The first-order valence-electron chi connectivity index (χ1n) is 8.97. The molecule has 4 aromatic rings. The van der Waals surface area contributed by atoms with Crippen LogP contribution in [0.1, 0.15) is 29.7 Å². The molecule has 0 bridgehead atoms. The third-order valence-corrected chi connectivity index (χ3v) is 4.75. The molecule has 4 rings (SSSR count). The van der Waals surface area contributed by atoms with Crippen molar-refractivity contribution in [2.45, 2.75) is 19.9 Å². The van der Waals surface area contributed by atoms with Crippen molar-refractivity contribution < 1.29 is 4.79 Å². The van der Waals surface area contributed by atoms with Crippen LogP contribution >= 0.6 is 11.6 Å². The highest BCUT2D eigenvalue weighted by molar-refractivity contribution is 6.31. The van der Waals surface area contributed by atoms with Gasteiger partial charge in [0.15, 0.2) is 5.69 Å². The fourth-order valence-corrected chi connectivity index (χ4v) is 3.38. The predicted molar refractivity (Wildman–Crippen MR) is 108 cm³/mol. The van der Waals surface area contributed by atoms with Crippen molar-refractivity contribution in [2.75, 3.05) is 6.54 Å². The highest BCUT2D eigenvalue weighted by Gasteiger charge is 2.21. The molecule has 8 heteroatoms. The lowest BCUT2D eigenvalue weighted by Crippen LogP contribution is -2.33. The summed E-state index contributed by atoms with van der Waals surface area (Å²) in [5.74, 6) is 0.189. The number of para-hydroxylation sites is 1. The summed E-state index contributed by atoms with van der Waals surface area (Å²) in [6.07, 6.45) is 0.762. The molecule has 0 atom stereocenters. The Labute approximate surface area is 165 Å². The molecule has 2 N–H and O–H groups in total. The summed E-state index contributed by atoms with van der Waals surface area (Å²) in [5.41, 5.74) is 1.40. The van der Waals surface area contributed by atoms with Gasteiger partial charge in [-0.15, -0.1) is 0 Å². The smallest absolute Gasteiger partial charge is 0.275 e. The Bertz CT molecular complexity index is 1230. The Hall–Kier alpha value is -3.19. The highest BCUT2D eigenvalue weighted by Crippen LogP contribution is 2.19. The van der Waals surface area contributed by atoms with Crippen LogP contribution in [0, 0.1) is 0 Å². The SMILES string of the molecule is CCCN(Cc1nc2cc(Cl)ccc2c(=O)[nH]1)C(=O)c1n[nH]c2ccccc12. The average molecular weight is 396 g/mol. The molecule has 0 fully saturated rings. The number of aromatic amines is 2. The minimum atomic E-state index is -0.259. The van der Waals surface area contributed by atoms with E-state index in [0.29, 0.717) is 34.0 Å². The summed E-state index contributed by atoms with van der Waals surface area (Å²) in [4.78, 5) is 34.4. The topological polar surface area (TPSA) is 94.7 Å². The highest BCUT2D eigenvalue weighted by atomic mass is 35.5. The standard InChI is InChI=1S/C20H18ClN5O2/c1-2-9-26(20(28)18-13-5-3-4-6-15(13)24-25-18)11-17-22-16-10-12(21)7-8-14(16)19(27)23-17/h3-8,10H,2,9,11H2,1H3,(H,24,25)(H,22,23,27). The number of hydrogen-bond acceptors (Lipinski definition) is 4. The molecular weight excluding hydrogens is 378 g/mol. The zero-order valence-corrected chi connectivity index (χ0v) is 16.0. The molecule has 0 aliphatic carbocycles. The van der Waals surface area contributed by atoms with Gasteiger partial charge in [0.25, 0.3) is 11.5 Å². The third kappa shape index (κ3) is 3.36. The van der Waals surface area contributed by atoms with Crippen LogP contribution in [0.3, 0.4) is 0 Å². The van der Waals surface area contributed by atoms with E-state index in [1.165, 1.54) is 0 Å². The van der Waals surface area contributed by atoms with Gasteiger partial charge in [0.1, 0.15) is 5.82 Å². The molecule has 28 heavy (non-hydrogen) atoms. The monoisotopic (exact) mass is 395 g/mol. The molecule has 2 aromatic heterocycles. The first-order valence-corrected chi connectivity index (χ1v) is 9.35. The van der Waals surface area contributed by atoms with Gasteiger partial charge in [-0.05, 0) is 30.7 Å². The molecule has 2 aromatic carbocycles. The number of fused-ring (bicyclic) bond motifs is 2. The molecule has 2 heterocycles. The van der Waals surface area contributed by atoms with Gasteiger partial charge in [0.2, 0.25) is 0 Å². The zero-order valence-electron chi connectivity index (χ0n) is 15.2. The number of nitrogens with one attached hydrogen (secondary N) is 2. The second-order valence-corrected chi connectivity index (χ2v) is 6.96. The molecular formula is C20H18ClN5O2. The van der Waals surface area contributed by atoms with E-state index >= 15 is 0 Å². The fraction of sp³-hybridized carbons (Fsp3) is 0.200. The van der Waals surface area contributed by atoms with Crippen molar-refractivity contribution in [1.29, 1.82) is 0 Å². The maximum absolute atomic E-state index is 13.1. The summed E-state index contributed by atoms with van der Waals surface area (Å²) in [5, 5.41) is 8.80. The van der Waals surface area contributed by atoms with Crippen molar-refractivity contribution in [2.24, 2.45) is 0 Å². The Morgan fingerprint density at radius 1 is 1.18 bits per heavy atom. The summed E-state index contributed by atoms with van der Waals surface area (Å²) in [7, 11) is 0. The largest absolute Gasteiger partial charge is 0.330 e. The second-order valence-electron chi connectivity index (χ2n) is 6.52. The van der Waals surface area contributed by atoms with Crippen molar-refractivity contribution in [1.82, 2.24) is 25.1 Å². The normalized spacial score (nSPS) is 11.2. The molecule has 7 nitrogen and oxygen atoms in total. The number of halogens is 1. The number of nitrogens with zero attached hydrogens (tertiary/aromatic N) is 3. The number of rotatable bonds is 5. The molecule has 0 aliphatic heterocycles. The Morgan fingerprint density at radius 3 is 2.82 bits per heavy atom. The van der Waals surface area contributed by atoms with Gasteiger partial charge in [-0.2, -0.15) is 5.10 Å². The molecule has 0 radical (unpaired) electrons.